The Hall–Kier alpha value is -2.98. The van der Waals surface area contributed by atoms with Crippen molar-refractivity contribution < 1.29 is 18.3 Å². The number of alkyl halides is 3. The topological polar surface area (TPSA) is 114 Å². The van der Waals surface area contributed by atoms with Crippen LogP contribution < -0.4 is 16.6 Å². The lowest BCUT2D eigenvalue weighted by Crippen LogP contribution is -2.37. The molecular weight excluding hydrogens is 361 g/mol. The second kappa shape index (κ2) is 6.97. The summed E-state index contributed by atoms with van der Waals surface area (Å²) >= 11 is 0. The maximum absolute atomic E-state index is 13.6. The van der Waals surface area contributed by atoms with Crippen molar-refractivity contribution in [3.05, 3.63) is 42.1 Å². The van der Waals surface area contributed by atoms with Crippen LogP contribution in [0.25, 0.3) is 22.3 Å². The molecule has 3 aromatic heterocycles. The number of pyridine rings is 3. The number of hydrogen-bond acceptors (Lipinski definition) is 7. The van der Waals surface area contributed by atoms with Gasteiger partial charge in [0.1, 0.15) is 23.0 Å². The van der Waals surface area contributed by atoms with Crippen LogP contribution in [-0.4, -0.2) is 32.7 Å². The molecule has 10 heteroatoms. The number of nitrogens with two attached hydrogens (primary N) is 2. The van der Waals surface area contributed by atoms with Crippen LogP contribution in [0.3, 0.4) is 0 Å². The van der Waals surface area contributed by atoms with Crippen molar-refractivity contribution in [1.29, 1.82) is 0 Å². The minimum Gasteiger partial charge on any atom is -0.392 e. The van der Waals surface area contributed by atoms with Crippen LogP contribution >= 0.6 is 0 Å². The third-order valence-corrected chi connectivity index (χ3v) is 3.78. The highest BCUT2D eigenvalue weighted by atomic mass is 19.4. The Morgan fingerprint density at radius 2 is 1.93 bits per heavy atom. The van der Waals surface area contributed by atoms with Gasteiger partial charge in [0.15, 0.2) is 0 Å². The second-order valence-electron chi connectivity index (χ2n) is 6.03. The smallest absolute Gasteiger partial charge is 0.392 e. The van der Waals surface area contributed by atoms with Crippen molar-refractivity contribution in [2.24, 2.45) is 5.84 Å². The first kappa shape index (κ1) is 18.8. The quantitative estimate of drug-likeness (QED) is 0.472. The summed E-state index contributed by atoms with van der Waals surface area (Å²) in [5, 5.41) is 10.9. The van der Waals surface area contributed by atoms with Crippen LogP contribution in [0.15, 0.2) is 36.5 Å². The molecule has 0 aliphatic heterocycles. The highest BCUT2D eigenvalue weighted by Gasteiger charge is 2.36. The van der Waals surface area contributed by atoms with Gasteiger partial charge in [-0.3, -0.25) is 9.99 Å². The molecule has 0 aliphatic carbocycles. The molecule has 142 valence electrons. The number of nitrogen functional groups attached to an aromatic ring is 1. The fraction of sp³-hybridized carbons (Fsp3) is 0.235. The Labute approximate surface area is 152 Å². The zero-order valence-corrected chi connectivity index (χ0v) is 14.3. The first-order valence-electron chi connectivity index (χ1n) is 7.97. The highest BCUT2D eigenvalue weighted by Crippen LogP contribution is 2.38. The van der Waals surface area contributed by atoms with Gasteiger partial charge in [-0.15, -0.1) is 0 Å². The van der Waals surface area contributed by atoms with Gasteiger partial charge in [-0.25, -0.2) is 15.8 Å². The van der Waals surface area contributed by atoms with E-state index in [0.29, 0.717) is 10.9 Å². The summed E-state index contributed by atoms with van der Waals surface area (Å²) < 4.78 is 40.7. The number of hydrazine groups is 1. The predicted molar refractivity (Wildman–Crippen MR) is 95.4 cm³/mol. The monoisotopic (exact) mass is 378 g/mol. The third kappa shape index (κ3) is 3.91. The molecule has 1 unspecified atom stereocenters. The number of aliphatic hydroxyl groups excluding tert-OH is 1. The Balaban J connectivity index is 2.27. The largest absolute Gasteiger partial charge is 0.418 e. The highest BCUT2D eigenvalue weighted by molar-refractivity contribution is 5.93. The van der Waals surface area contributed by atoms with Gasteiger partial charge in [0.25, 0.3) is 0 Å². The molecule has 0 aromatic carbocycles. The molecule has 0 spiro atoms. The zero-order valence-electron chi connectivity index (χ0n) is 14.3. The summed E-state index contributed by atoms with van der Waals surface area (Å²) in [5.41, 5.74) is 4.73. The minimum absolute atomic E-state index is 0.00946. The van der Waals surface area contributed by atoms with E-state index in [4.69, 9.17) is 11.6 Å². The molecule has 0 bridgehead atoms. The molecule has 7 nitrogen and oxygen atoms in total. The molecule has 0 saturated carbocycles. The SMILES string of the molecule is CC(O)CN(N)c1ccc(C(F)(F)F)c(-c2nc(N)cc3ncccc23)n1. The molecule has 27 heavy (non-hydrogen) atoms. The first-order chi connectivity index (χ1) is 12.7. The average molecular weight is 378 g/mol. The summed E-state index contributed by atoms with van der Waals surface area (Å²) in [6.45, 7) is 1.49. The summed E-state index contributed by atoms with van der Waals surface area (Å²) in [7, 11) is 0. The lowest BCUT2D eigenvalue weighted by atomic mass is 10.1. The molecule has 0 fully saturated rings. The average Bonchev–Trinajstić information content (AvgIpc) is 2.59. The van der Waals surface area contributed by atoms with E-state index >= 15 is 0 Å². The van der Waals surface area contributed by atoms with Crippen molar-refractivity contribution >= 4 is 22.5 Å². The van der Waals surface area contributed by atoms with Crippen molar-refractivity contribution in [2.45, 2.75) is 19.2 Å². The van der Waals surface area contributed by atoms with E-state index in [0.717, 1.165) is 17.1 Å². The number of halogens is 3. The molecule has 0 aliphatic rings. The number of fused-ring (bicyclic) bond motifs is 1. The van der Waals surface area contributed by atoms with Crippen molar-refractivity contribution in [3.8, 4) is 11.4 Å². The van der Waals surface area contributed by atoms with Gasteiger partial charge >= 0.3 is 6.18 Å². The zero-order chi connectivity index (χ0) is 19.8. The van der Waals surface area contributed by atoms with Gasteiger partial charge in [-0.2, -0.15) is 13.2 Å². The van der Waals surface area contributed by atoms with E-state index in [1.807, 2.05) is 0 Å². The number of aliphatic hydroxyl groups is 1. The summed E-state index contributed by atoms with van der Waals surface area (Å²) in [6.07, 6.45) is -3.95. The van der Waals surface area contributed by atoms with Crippen LogP contribution in [-0.2, 0) is 6.18 Å². The summed E-state index contributed by atoms with van der Waals surface area (Å²) in [4.78, 5) is 12.3. The van der Waals surface area contributed by atoms with E-state index in [-0.39, 0.29) is 23.9 Å². The van der Waals surface area contributed by atoms with Gasteiger partial charge in [-0.05, 0) is 31.2 Å². The standard InChI is InChI=1S/C17H17F3N6O/c1-9(27)8-26(22)14-5-4-11(17(18,19)20)16(25-14)15-10-3-2-6-23-12(10)7-13(21)24-15/h2-7,9,27H,8,22H2,1H3,(H2,21,24). The van der Waals surface area contributed by atoms with Crippen LogP contribution in [0.1, 0.15) is 12.5 Å². The number of aromatic nitrogens is 3. The first-order valence-corrected chi connectivity index (χ1v) is 7.97. The maximum atomic E-state index is 13.6. The van der Waals surface area contributed by atoms with Crippen molar-refractivity contribution in [1.82, 2.24) is 15.0 Å². The van der Waals surface area contributed by atoms with Gasteiger partial charge in [0.05, 0.1) is 23.7 Å². The maximum Gasteiger partial charge on any atom is 0.418 e. The molecule has 0 radical (unpaired) electrons. The van der Waals surface area contributed by atoms with E-state index in [2.05, 4.69) is 15.0 Å². The Kier molecular flexibility index (Phi) is 4.85. The molecule has 3 rings (SSSR count). The van der Waals surface area contributed by atoms with Crippen LogP contribution in [0.2, 0.25) is 0 Å². The fourth-order valence-electron chi connectivity index (χ4n) is 2.67. The van der Waals surface area contributed by atoms with Crippen LogP contribution in [0.5, 0.6) is 0 Å². The van der Waals surface area contributed by atoms with Gasteiger partial charge < -0.3 is 10.8 Å². The fourth-order valence-corrected chi connectivity index (χ4v) is 2.67. The molecular formula is C17H17F3N6O. The Morgan fingerprint density at radius 3 is 2.59 bits per heavy atom. The Bertz CT molecular complexity index is 977. The van der Waals surface area contributed by atoms with E-state index in [1.54, 1.807) is 12.1 Å². The van der Waals surface area contributed by atoms with Gasteiger partial charge in [0, 0.05) is 17.6 Å². The van der Waals surface area contributed by atoms with Gasteiger partial charge in [0.2, 0.25) is 0 Å². The summed E-state index contributed by atoms with van der Waals surface area (Å²) in [5.74, 6) is 5.89. The van der Waals surface area contributed by atoms with Crippen LogP contribution in [0.4, 0.5) is 24.8 Å². The lowest BCUT2D eigenvalue weighted by molar-refractivity contribution is -0.137. The molecule has 0 amide bonds. The molecule has 0 saturated heterocycles. The molecule has 5 N–H and O–H groups in total. The molecule has 3 aromatic rings. The number of hydrogen-bond donors (Lipinski definition) is 3. The lowest BCUT2D eigenvalue weighted by Gasteiger charge is -2.21. The van der Waals surface area contributed by atoms with E-state index in [1.165, 1.54) is 19.2 Å². The van der Waals surface area contributed by atoms with E-state index in [9.17, 15) is 18.3 Å². The molecule has 1 atom stereocenters. The second-order valence-corrected chi connectivity index (χ2v) is 6.03. The normalized spacial score (nSPS) is 13.0. The Morgan fingerprint density at radius 1 is 1.19 bits per heavy atom. The number of rotatable bonds is 4. The van der Waals surface area contributed by atoms with E-state index < -0.39 is 23.5 Å². The van der Waals surface area contributed by atoms with Crippen LogP contribution in [0, 0.1) is 0 Å². The molecule has 3 heterocycles. The number of nitrogens with zero attached hydrogens (tertiary/aromatic N) is 4. The minimum atomic E-state index is -4.66. The number of anilines is 2. The third-order valence-electron chi connectivity index (χ3n) is 3.78. The van der Waals surface area contributed by atoms with Gasteiger partial charge in [-0.1, -0.05) is 0 Å². The van der Waals surface area contributed by atoms with Crippen molar-refractivity contribution in [3.63, 3.8) is 0 Å². The summed E-state index contributed by atoms with van der Waals surface area (Å²) in [6, 6.07) is 6.67. The predicted octanol–water partition coefficient (Wildman–Crippen LogP) is 2.35. The van der Waals surface area contributed by atoms with Crippen molar-refractivity contribution in [2.75, 3.05) is 17.3 Å².